The van der Waals surface area contributed by atoms with Crippen LogP contribution in [0.25, 0.3) is 22.2 Å². The molecule has 0 spiro atoms. The molecule has 0 atom stereocenters. The first kappa shape index (κ1) is 25.1. The van der Waals surface area contributed by atoms with Crippen molar-refractivity contribution in [3.63, 3.8) is 0 Å². The highest BCUT2D eigenvalue weighted by Gasteiger charge is 2.23. The number of piperazine rings is 1. The van der Waals surface area contributed by atoms with Gasteiger partial charge in [0.05, 0.1) is 44.4 Å². The zero-order valence-corrected chi connectivity index (χ0v) is 20.3. The quantitative estimate of drug-likeness (QED) is 0.333. The van der Waals surface area contributed by atoms with Crippen molar-refractivity contribution in [3.05, 3.63) is 30.3 Å². The van der Waals surface area contributed by atoms with Gasteiger partial charge in [-0.05, 0) is 12.1 Å². The molecule has 3 aromatic heterocycles. The van der Waals surface area contributed by atoms with Gasteiger partial charge in [0.15, 0.2) is 11.6 Å². The molecule has 0 aromatic carbocycles. The molecule has 2 N–H and O–H groups in total. The van der Waals surface area contributed by atoms with Gasteiger partial charge in [0, 0.05) is 45.2 Å². The number of hydrogen-bond donors (Lipinski definition) is 2. The second-order valence-corrected chi connectivity index (χ2v) is 8.07. The van der Waals surface area contributed by atoms with E-state index in [1.165, 1.54) is 14.2 Å². The van der Waals surface area contributed by atoms with Gasteiger partial charge in [0.2, 0.25) is 5.88 Å². The zero-order valence-electron chi connectivity index (χ0n) is 20.3. The van der Waals surface area contributed by atoms with Crippen LogP contribution in [0.2, 0.25) is 0 Å². The van der Waals surface area contributed by atoms with E-state index in [1.807, 2.05) is 0 Å². The number of aromatic nitrogens is 3. The third-order valence-corrected chi connectivity index (χ3v) is 6.00. The largest absolute Gasteiger partial charge is 0.493 e. The second-order valence-electron chi connectivity index (χ2n) is 8.07. The molecule has 0 radical (unpaired) electrons. The first-order valence-electron chi connectivity index (χ1n) is 11.3. The number of methoxy groups -OCH3 is 2. The van der Waals surface area contributed by atoms with E-state index in [0.717, 1.165) is 48.3 Å². The van der Waals surface area contributed by atoms with Crippen molar-refractivity contribution in [2.24, 2.45) is 7.05 Å². The minimum atomic E-state index is -0.627. The van der Waals surface area contributed by atoms with E-state index in [4.69, 9.17) is 14.3 Å². The molecule has 0 unspecified atom stereocenters. The van der Waals surface area contributed by atoms with Crippen LogP contribution in [0.3, 0.4) is 0 Å². The molecule has 1 saturated heterocycles. The summed E-state index contributed by atoms with van der Waals surface area (Å²) in [4.78, 5) is 39.1. The van der Waals surface area contributed by atoms with Gasteiger partial charge >= 0.3 is 12.5 Å². The number of anilines is 1. The van der Waals surface area contributed by atoms with E-state index >= 15 is 0 Å². The summed E-state index contributed by atoms with van der Waals surface area (Å²) < 4.78 is 26.8. The number of carbonyl (C=O) groups excluding carboxylic acids is 2. The lowest BCUT2D eigenvalue weighted by Gasteiger charge is -2.29. The van der Waals surface area contributed by atoms with Crippen molar-refractivity contribution in [1.29, 1.82) is 0 Å². The van der Waals surface area contributed by atoms with Crippen molar-refractivity contribution < 1.29 is 28.3 Å². The van der Waals surface area contributed by atoms with Gasteiger partial charge in [-0.25, -0.2) is 19.2 Å². The fraction of sp³-hybridized carbons (Fsp3) is 0.391. The van der Waals surface area contributed by atoms with Gasteiger partial charge in [-0.3, -0.25) is 15.0 Å². The first-order valence-corrected chi connectivity index (χ1v) is 11.3. The number of carbonyl (C=O) groups is 2. The summed E-state index contributed by atoms with van der Waals surface area (Å²) in [6, 6.07) is 2.83. The summed E-state index contributed by atoms with van der Waals surface area (Å²) in [5.74, 6) is -0.171. The number of pyridine rings is 2. The normalized spacial score (nSPS) is 13.9. The topological polar surface area (TPSA) is 123 Å². The zero-order chi connectivity index (χ0) is 25.7. The molecule has 1 aliphatic rings. The summed E-state index contributed by atoms with van der Waals surface area (Å²) >= 11 is 0. The maximum absolute atomic E-state index is 14.4. The fourth-order valence-electron chi connectivity index (χ4n) is 4.17. The average Bonchev–Trinajstić information content (AvgIpc) is 3.21. The van der Waals surface area contributed by atoms with Crippen molar-refractivity contribution in [2.45, 2.75) is 0 Å². The number of nitrogens with zero attached hydrogens (tertiary/aromatic N) is 5. The van der Waals surface area contributed by atoms with Crippen LogP contribution in [0.4, 0.5) is 15.0 Å². The number of rotatable bonds is 9. The van der Waals surface area contributed by atoms with Crippen LogP contribution in [0.1, 0.15) is 0 Å². The smallest absolute Gasteiger partial charge is 0.356 e. The first-order chi connectivity index (χ1) is 17.5. The van der Waals surface area contributed by atoms with Crippen LogP contribution in [-0.2, 0) is 16.7 Å². The molecule has 12 nitrogen and oxygen atoms in total. The minimum Gasteiger partial charge on any atom is -0.493 e. The molecular formula is C23H28FN7O5. The highest BCUT2D eigenvalue weighted by molar-refractivity contribution is 5.93. The Bertz CT molecular complexity index is 1250. The lowest BCUT2D eigenvalue weighted by molar-refractivity contribution is -0.159. The number of hydrogen-bond acceptors (Lipinski definition) is 9. The van der Waals surface area contributed by atoms with Gasteiger partial charge in [0.25, 0.3) is 0 Å². The lowest BCUT2D eigenvalue weighted by atomic mass is 10.1. The Hall–Kier alpha value is -3.97. The van der Waals surface area contributed by atoms with Gasteiger partial charge < -0.3 is 24.2 Å². The highest BCUT2D eigenvalue weighted by atomic mass is 19.1. The van der Waals surface area contributed by atoms with E-state index in [0.29, 0.717) is 17.8 Å². The Morgan fingerprint density at radius 3 is 2.69 bits per heavy atom. The monoisotopic (exact) mass is 501 g/mol. The molecular weight excluding hydrogens is 473 g/mol. The van der Waals surface area contributed by atoms with Crippen molar-refractivity contribution >= 4 is 29.2 Å². The van der Waals surface area contributed by atoms with E-state index in [-0.39, 0.29) is 30.5 Å². The van der Waals surface area contributed by atoms with E-state index in [1.54, 1.807) is 29.9 Å². The average molecular weight is 502 g/mol. The molecule has 0 saturated carbocycles. The van der Waals surface area contributed by atoms with E-state index < -0.39 is 11.8 Å². The number of urea groups is 1. The number of fused-ring (bicyclic) bond motifs is 1. The molecule has 192 valence electrons. The summed E-state index contributed by atoms with van der Waals surface area (Å²) in [5, 5.41) is 7.60. The van der Waals surface area contributed by atoms with Crippen LogP contribution >= 0.6 is 0 Å². The number of halogens is 1. The Morgan fingerprint density at radius 1 is 1.22 bits per heavy atom. The number of nitrogens with one attached hydrogen (secondary N) is 2. The van der Waals surface area contributed by atoms with Crippen LogP contribution in [0, 0.1) is 5.82 Å². The van der Waals surface area contributed by atoms with Crippen molar-refractivity contribution in [2.75, 3.05) is 58.8 Å². The van der Waals surface area contributed by atoms with Crippen molar-refractivity contribution in [1.82, 2.24) is 29.8 Å². The molecule has 4 rings (SSSR count). The molecule has 2 amide bonds. The van der Waals surface area contributed by atoms with Crippen molar-refractivity contribution in [3.8, 4) is 22.9 Å². The summed E-state index contributed by atoms with van der Waals surface area (Å²) in [6.45, 7) is 4.41. The molecule has 36 heavy (non-hydrogen) atoms. The molecule has 1 fully saturated rings. The number of amides is 2. The molecule has 1 aliphatic heterocycles. The molecule has 4 heterocycles. The standard InChI is InChI=1S/C23H28FN7O5/c1-29-17(20-21(34-2)16(24)12-27-22(20)35-3)10-15-11-19(26-13-18(15)29)28-23(33)31(36-14-32)9-8-30-6-4-25-5-7-30/h10-14,25H,4-9H2,1-3H3,(H,26,28,33). The van der Waals surface area contributed by atoms with E-state index in [2.05, 4.69) is 25.5 Å². The maximum atomic E-state index is 14.4. The molecule has 0 aliphatic carbocycles. The van der Waals surface area contributed by atoms with E-state index in [9.17, 15) is 14.0 Å². The maximum Gasteiger partial charge on any atom is 0.356 e. The lowest BCUT2D eigenvalue weighted by Crippen LogP contribution is -2.47. The SMILES string of the molecule is COc1ncc(F)c(OC)c1-c1cc2cc(NC(=O)N(CCN3CCNCC3)OC=O)ncc2n1C. The van der Waals surface area contributed by atoms with Crippen LogP contribution < -0.4 is 20.1 Å². The predicted octanol–water partition coefficient (Wildman–Crippen LogP) is 1.62. The van der Waals surface area contributed by atoms with Gasteiger partial charge in [-0.15, -0.1) is 0 Å². The van der Waals surface area contributed by atoms with Crippen LogP contribution in [0.15, 0.2) is 24.5 Å². The molecule has 0 bridgehead atoms. The predicted molar refractivity (Wildman–Crippen MR) is 129 cm³/mol. The summed E-state index contributed by atoms with van der Waals surface area (Å²) in [7, 11) is 4.60. The third-order valence-electron chi connectivity index (χ3n) is 6.00. The Labute approximate surface area is 206 Å². The van der Waals surface area contributed by atoms with Crippen LogP contribution in [0.5, 0.6) is 11.6 Å². The third kappa shape index (κ3) is 5.16. The number of aryl methyl sites for hydroxylation is 1. The summed E-state index contributed by atoms with van der Waals surface area (Å²) in [6.07, 6.45) is 2.61. The Balaban J connectivity index is 1.57. The minimum absolute atomic E-state index is 0.000354. The molecule has 3 aromatic rings. The highest BCUT2D eigenvalue weighted by Crippen LogP contribution is 2.40. The van der Waals surface area contributed by atoms with Gasteiger partial charge in [-0.1, -0.05) is 0 Å². The summed E-state index contributed by atoms with van der Waals surface area (Å²) in [5.41, 5.74) is 1.65. The van der Waals surface area contributed by atoms with Gasteiger partial charge in [0.1, 0.15) is 11.4 Å². The van der Waals surface area contributed by atoms with Gasteiger partial charge in [-0.2, -0.15) is 5.06 Å². The number of ether oxygens (including phenoxy) is 2. The fourth-order valence-corrected chi connectivity index (χ4v) is 4.17. The number of hydroxylamine groups is 2. The Morgan fingerprint density at radius 2 is 2.00 bits per heavy atom. The van der Waals surface area contributed by atoms with Crippen LogP contribution in [-0.4, -0.2) is 90.5 Å². The molecule has 13 heteroatoms. The Kier molecular flexibility index (Phi) is 7.80. The second kappa shape index (κ2) is 11.2.